The lowest BCUT2D eigenvalue weighted by Gasteiger charge is -2.26. The maximum atomic E-state index is 12.2. The zero-order valence-corrected chi connectivity index (χ0v) is 12.4. The van der Waals surface area contributed by atoms with Crippen molar-refractivity contribution in [2.75, 3.05) is 26.2 Å². The van der Waals surface area contributed by atoms with Crippen molar-refractivity contribution >= 4 is 5.91 Å². The molecular formula is C14H24N4O2. The van der Waals surface area contributed by atoms with Crippen molar-refractivity contribution in [3.05, 3.63) is 18.2 Å². The fraction of sp³-hybridized carbons (Fsp3) is 0.714. The molecule has 2 N–H and O–H groups in total. The first kappa shape index (κ1) is 15.0. The summed E-state index contributed by atoms with van der Waals surface area (Å²) in [6, 6.07) is -0.281. The molecule has 1 saturated heterocycles. The standard InChI is InChI=1S/C14H24N4O2/c1-10(2)6-17-14(19)11(3)18-9-16-7-12(18)13-8-15-4-5-20-13/h7,9-11,13,15H,4-6,8H2,1-3H3,(H,17,19). The largest absolute Gasteiger partial charge is 0.369 e. The Balaban J connectivity index is 2.04. The number of morpholine rings is 1. The third-order valence-corrected chi connectivity index (χ3v) is 3.43. The summed E-state index contributed by atoms with van der Waals surface area (Å²) in [5, 5.41) is 6.25. The molecule has 0 bridgehead atoms. The van der Waals surface area contributed by atoms with Crippen molar-refractivity contribution in [1.29, 1.82) is 0 Å². The van der Waals surface area contributed by atoms with E-state index in [1.165, 1.54) is 0 Å². The molecule has 20 heavy (non-hydrogen) atoms. The van der Waals surface area contributed by atoms with Crippen LogP contribution in [0.5, 0.6) is 0 Å². The number of amides is 1. The molecule has 2 unspecified atom stereocenters. The molecule has 6 heteroatoms. The third kappa shape index (κ3) is 3.58. The molecule has 1 amide bonds. The molecule has 0 spiro atoms. The molecule has 1 aliphatic rings. The number of imidazole rings is 1. The number of carbonyl (C=O) groups excluding carboxylic acids is 1. The van der Waals surface area contributed by atoms with E-state index in [-0.39, 0.29) is 18.1 Å². The summed E-state index contributed by atoms with van der Waals surface area (Å²) in [4.78, 5) is 16.3. The van der Waals surface area contributed by atoms with Crippen LogP contribution in [0.3, 0.4) is 0 Å². The second-order valence-electron chi connectivity index (χ2n) is 5.60. The fourth-order valence-corrected chi connectivity index (χ4v) is 2.22. The quantitative estimate of drug-likeness (QED) is 0.840. The number of nitrogens with one attached hydrogen (secondary N) is 2. The Hall–Kier alpha value is -1.40. The van der Waals surface area contributed by atoms with E-state index in [4.69, 9.17) is 4.74 Å². The molecule has 1 fully saturated rings. The molecule has 1 aromatic rings. The second kappa shape index (κ2) is 6.85. The highest BCUT2D eigenvalue weighted by Crippen LogP contribution is 2.21. The summed E-state index contributed by atoms with van der Waals surface area (Å²) in [6.07, 6.45) is 3.45. The predicted octanol–water partition coefficient (Wildman–Crippen LogP) is 0.877. The maximum Gasteiger partial charge on any atom is 0.242 e. The number of aromatic nitrogens is 2. The predicted molar refractivity (Wildman–Crippen MR) is 76.3 cm³/mol. The van der Waals surface area contributed by atoms with Crippen LogP contribution in [0.2, 0.25) is 0 Å². The summed E-state index contributed by atoms with van der Waals surface area (Å²) in [5.74, 6) is 0.459. The highest BCUT2D eigenvalue weighted by Gasteiger charge is 2.24. The van der Waals surface area contributed by atoms with Gasteiger partial charge < -0.3 is 19.9 Å². The Bertz CT molecular complexity index is 438. The smallest absolute Gasteiger partial charge is 0.242 e. The zero-order chi connectivity index (χ0) is 14.5. The minimum atomic E-state index is -0.281. The molecule has 2 atom stereocenters. The molecule has 6 nitrogen and oxygen atoms in total. The zero-order valence-electron chi connectivity index (χ0n) is 12.4. The van der Waals surface area contributed by atoms with Crippen LogP contribution < -0.4 is 10.6 Å². The van der Waals surface area contributed by atoms with E-state index in [2.05, 4.69) is 29.5 Å². The van der Waals surface area contributed by atoms with E-state index >= 15 is 0 Å². The van der Waals surface area contributed by atoms with E-state index in [9.17, 15) is 4.79 Å². The summed E-state index contributed by atoms with van der Waals surface area (Å²) in [6.45, 7) is 9.04. The summed E-state index contributed by atoms with van der Waals surface area (Å²) >= 11 is 0. The molecule has 0 radical (unpaired) electrons. The van der Waals surface area contributed by atoms with Crippen molar-refractivity contribution in [3.8, 4) is 0 Å². The number of carbonyl (C=O) groups is 1. The van der Waals surface area contributed by atoms with Crippen LogP contribution in [0.15, 0.2) is 12.5 Å². The summed E-state index contributed by atoms with van der Waals surface area (Å²) in [5.41, 5.74) is 0.949. The average molecular weight is 280 g/mol. The van der Waals surface area contributed by atoms with Gasteiger partial charge in [0.2, 0.25) is 5.91 Å². The number of hydrogen-bond acceptors (Lipinski definition) is 4. The lowest BCUT2D eigenvalue weighted by molar-refractivity contribution is -0.124. The van der Waals surface area contributed by atoms with Gasteiger partial charge in [0.05, 0.1) is 24.8 Å². The van der Waals surface area contributed by atoms with Crippen molar-refractivity contribution < 1.29 is 9.53 Å². The number of ether oxygens (including phenoxy) is 1. The van der Waals surface area contributed by atoms with Gasteiger partial charge in [-0.3, -0.25) is 4.79 Å². The third-order valence-electron chi connectivity index (χ3n) is 3.43. The van der Waals surface area contributed by atoms with Crippen LogP contribution in [0.4, 0.5) is 0 Å². The van der Waals surface area contributed by atoms with E-state index < -0.39 is 0 Å². The molecule has 0 aromatic carbocycles. The molecule has 112 valence electrons. The van der Waals surface area contributed by atoms with Crippen LogP contribution >= 0.6 is 0 Å². The Morgan fingerprint density at radius 3 is 3.05 bits per heavy atom. The number of nitrogens with zero attached hydrogens (tertiary/aromatic N) is 2. The van der Waals surface area contributed by atoms with Crippen LogP contribution in [0, 0.1) is 5.92 Å². The van der Waals surface area contributed by atoms with Crippen LogP contribution in [-0.4, -0.2) is 41.7 Å². The fourth-order valence-electron chi connectivity index (χ4n) is 2.22. The average Bonchev–Trinajstić information content (AvgIpc) is 2.94. The Kier molecular flexibility index (Phi) is 5.14. The van der Waals surface area contributed by atoms with Crippen molar-refractivity contribution in [2.45, 2.75) is 32.9 Å². The first-order chi connectivity index (χ1) is 9.59. The van der Waals surface area contributed by atoms with Gasteiger partial charge in [0.25, 0.3) is 0 Å². The molecule has 2 rings (SSSR count). The number of hydrogen-bond donors (Lipinski definition) is 2. The Morgan fingerprint density at radius 1 is 1.60 bits per heavy atom. The Labute approximate surface area is 119 Å². The lowest BCUT2D eigenvalue weighted by atomic mass is 10.2. The Morgan fingerprint density at radius 2 is 2.40 bits per heavy atom. The van der Waals surface area contributed by atoms with Crippen LogP contribution in [-0.2, 0) is 9.53 Å². The normalized spacial score (nSPS) is 20.9. The summed E-state index contributed by atoms with van der Waals surface area (Å²) < 4.78 is 7.63. The van der Waals surface area contributed by atoms with Gasteiger partial charge in [0.1, 0.15) is 12.1 Å². The molecular weight excluding hydrogens is 256 g/mol. The van der Waals surface area contributed by atoms with Crippen LogP contribution in [0.25, 0.3) is 0 Å². The topological polar surface area (TPSA) is 68.2 Å². The molecule has 0 aliphatic carbocycles. The summed E-state index contributed by atoms with van der Waals surface area (Å²) in [7, 11) is 0. The van der Waals surface area contributed by atoms with E-state index in [0.717, 1.165) is 18.8 Å². The van der Waals surface area contributed by atoms with Crippen molar-refractivity contribution in [3.63, 3.8) is 0 Å². The minimum absolute atomic E-state index is 0.0155. The minimum Gasteiger partial charge on any atom is -0.369 e. The monoisotopic (exact) mass is 280 g/mol. The maximum absolute atomic E-state index is 12.2. The van der Waals surface area contributed by atoms with E-state index in [0.29, 0.717) is 19.1 Å². The SMILES string of the molecule is CC(C)CNC(=O)C(C)n1cncc1C1CNCCO1. The van der Waals surface area contributed by atoms with Crippen molar-refractivity contribution in [2.24, 2.45) is 5.92 Å². The first-order valence-corrected chi connectivity index (χ1v) is 7.21. The number of rotatable bonds is 5. The van der Waals surface area contributed by atoms with Gasteiger partial charge in [-0.05, 0) is 12.8 Å². The van der Waals surface area contributed by atoms with E-state index in [1.54, 1.807) is 12.5 Å². The van der Waals surface area contributed by atoms with Gasteiger partial charge in [0.15, 0.2) is 0 Å². The highest BCUT2D eigenvalue weighted by molar-refractivity contribution is 5.79. The van der Waals surface area contributed by atoms with Gasteiger partial charge in [-0.1, -0.05) is 13.8 Å². The van der Waals surface area contributed by atoms with E-state index in [1.807, 2.05) is 11.5 Å². The second-order valence-corrected chi connectivity index (χ2v) is 5.60. The first-order valence-electron chi connectivity index (χ1n) is 7.21. The molecule has 1 aromatic heterocycles. The van der Waals surface area contributed by atoms with Gasteiger partial charge in [-0.25, -0.2) is 4.98 Å². The lowest BCUT2D eigenvalue weighted by Crippen LogP contribution is -2.37. The van der Waals surface area contributed by atoms with Gasteiger partial charge in [0, 0.05) is 19.6 Å². The van der Waals surface area contributed by atoms with Gasteiger partial charge >= 0.3 is 0 Å². The molecule has 1 aliphatic heterocycles. The van der Waals surface area contributed by atoms with Gasteiger partial charge in [-0.2, -0.15) is 0 Å². The van der Waals surface area contributed by atoms with Crippen molar-refractivity contribution in [1.82, 2.24) is 20.2 Å². The molecule has 2 heterocycles. The highest BCUT2D eigenvalue weighted by atomic mass is 16.5. The van der Waals surface area contributed by atoms with Gasteiger partial charge in [-0.15, -0.1) is 0 Å². The molecule has 0 saturated carbocycles. The van der Waals surface area contributed by atoms with Crippen LogP contribution in [0.1, 0.15) is 38.6 Å².